The van der Waals surface area contributed by atoms with Crippen molar-refractivity contribution >= 4 is 27.3 Å². The maximum atomic E-state index is 12.7. The predicted octanol–water partition coefficient (Wildman–Crippen LogP) is 3.87. The number of carbonyl (C=O) groups is 1. The summed E-state index contributed by atoms with van der Waals surface area (Å²) in [6.07, 6.45) is 3.62. The van der Waals surface area contributed by atoms with E-state index in [9.17, 15) is 13.2 Å². The summed E-state index contributed by atoms with van der Waals surface area (Å²) >= 11 is 0. The summed E-state index contributed by atoms with van der Waals surface area (Å²) < 4.78 is 25.8. The first-order valence-electron chi connectivity index (χ1n) is 10.8. The van der Waals surface area contributed by atoms with Gasteiger partial charge in [-0.15, -0.1) is 0 Å². The molecule has 0 aliphatic carbocycles. The van der Waals surface area contributed by atoms with Gasteiger partial charge in [0.1, 0.15) is 6.54 Å². The highest BCUT2D eigenvalue weighted by Crippen LogP contribution is 2.25. The first-order valence-corrected chi connectivity index (χ1v) is 12.7. The number of aryl methyl sites for hydroxylation is 1. The third-order valence-electron chi connectivity index (χ3n) is 5.86. The van der Waals surface area contributed by atoms with E-state index in [1.54, 1.807) is 12.1 Å². The van der Waals surface area contributed by atoms with E-state index in [2.05, 4.69) is 29.3 Å². The van der Waals surface area contributed by atoms with Crippen molar-refractivity contribution in [2.24, 2.45) is 5.92 Å². The van der Waals surface area contributed by atoms with Gasteiger partial charge in [-0.05, 0) is 61.9 Å². The van der Waals surface area contributed by atoms with E-state index in [1.807, 2.05) is 38.1 Å². The van der Waals surface area contributed by atoms with E-state index in [0.29, 0.717) is 11.6 Å². The van der Waals surface area contributed by atoms with Gasteiger partial charge in [-0.3, -0.25) is 9.10 Å². The third kappa shape index (κ3) is 6.00. The average Bonchev–Trinajstić information content (AvgIpc) is 2.72. The Balaban J connectivity index is 1.66. The Kier molecular flexibility index (Phi) is 7.26. The van der Waals surface area contributed by atoms with Crippen LogP contribution in [0.3, 0.4) is 0 Å². The van der Waals surface area contributed by atoms with Crippen LogP contribution in [0.4, 0.5) is 11.4 Å². The molecular formula is C24H33N3O3S. The number of para-hydroxylation sites is 1. The average molecular weight is 444 g/mol. The van der Waals surface area contributed by atoms with Gasteiger partial charge in [0.15, 0.2) is 0 Å². The fraction of sp³-hybridized carbons (Fsp3) is 0.458. The quantitative estimate of drug-likeness (QED) is 0.705. The number of nitrogens with zero attached hydrogens (tertiary/aromatic N) is 2. The van der Waals surface area contributed by atoms with Crippen LogP contribution in [0, 0.1) is 12.8 Å². The molecule has 1 heterocycles. The van der Waals surface area contributed by atoms with Crippen LogP contribution in [-0.4, -0.2) is 40.2 Å². The lowest BCUT2D eigenvalue weighted by Gasteiger charge is -2.33. The van der Waals surface area contributed by atoms with Crippen molar-refractivity contribution < 1.29 is 13.2 Å². The first kappa shape index (κ1) is 23.1. The lowest BCUT2D eigenvalue weighted by atomic mass is 9.99. The smallest absolute Gasteiger partial charge is 0.241 e. The van der Waals surface area contributed by atoms with Crippen LogP contribution >= 0.6 is 0 Å². The monoisotopic (exact) mass is 443 g/mol. The number of rotatable bonds is 7. The van der Waals surface area contributed by atoms with Crippen LogP contribution < -0.4 is 14.5 Å². The van der Waals surface area contributed by atoms with Gasteiger partial charge in [-0.1, -0.05) is 37.3 Å². The fourth-order valence-electron chi connectivity index (χ4n) is 4.12. The zero-order chi connectivity index (χ0) is 22.6. The van der Waals surface area contributed by atoms with Crippen molar-refractivity contribution in [3.05, 3.63) is 59.7 Å². The summed E-state index contributed by atoms with van der Waals surface area (Å²) in [5, 5.41) is 2.94. The van der Waals surface area contributed by atoms with Gasteiger partial charge in [-0.2, -0.15) is 0 Å². The molecule has 6 nitrogen and oxygen atoms in total. The highest BCUT2D eigenvalue weighted by Gasteiger charge is 2.23. The topological polar surface area (TPSA) is 69.7 Å². The van der Waals surface area contributed by atoms with Crippen LogP contribution in [0.25, 0.3) is 0 Å². The van der Waals surface area contributed by atoms with E-state index in [4.69, 9.17) is 0 Å². The van der Waals surface area contributed by atoms with Crippen molar-refractivity contribution in [2.75, 3.05) is 35.1 Å². The molecule has 1 fully saturated rings. The number of piperidine rings is 1. The molecule has 0 aromatic heterocycles. The van der Waals surface area contributed by atoms with E-state index < -0.39 is 10.0 Å². The van der Waals surface area contributed by atoms with Crippen LogP contribution in [0.2, 0.25) is 0 Å². The van der Waals surface area contributed by atoms with Gasteiger partial charge in [0.05, 0.1) is 18.0 Å². The van der Waals surface area contributed by atoms with E-state index in [-0.39, 0.29) is 18.5 Å². The first-order chi connectivity index (χ1) is 14.6. The predicted molar refractivity (Wildman–Crippen MR) is 127 cm³/mol. The summed E-state index contributed by atoms with van der Waals surface area (Å²) in [7, 11) is -3.59. The largest absolute Gasteiger partial charge is 0.371 e. The molecule has 0 saturated carbocycles. The van der Waals surface area contributed by atoms with Crippen molar-refractivity contribution in [3.63, 3.8) is 0 Å². The number of hydrogen-bond acceptors (Lipinski definition) is 4. The maximum absolute atomic E-state index is 12.7. The van der Waals surface area contributed by atoms with Crippen LogP contribution in [0.15, 0.2) is 48.5 Å². The second-order valence-corrected chi connectivity index (χ2v) is 10.5. The second-order valence-electron chi connectivity index (χ2n) is 8.63. The van der Waals surface area contributed by atoms with Crippen molar-refractivity contribution in [2.45, 2.75) is 39.7 Å². The molecular weight excluding hydrogens is 410 g/mol. The minimum absolute atomic E-state index is 0.222. The number of nitrogens with one attached hydrogen (secondary N) is 1. The van der Waals surface area contributed by atoms with Crippen LogP contribution in [-0.2, 0) is 14.8 Å². The van der Waals surface area contributed by atoms with Crippen molar-refractivity contribution in [1.29, 1.82) is 0 Å². The van der Waals surface area contributed by atoms with Crippen LogP contribution in [0.1, 0.15) is 43.9 Å². The van der Waals surface area contributed by atoms with Gasteiger partial charge in [-0.25, -0.2) is 8.42 Å². The Bertz CT molecular complexity index is 1000. The molecule has 2 unspecified atom stereocenters. The Hall–Kier alpha value is -2.54. The SMILES string of the molecule is Cc1ccccc1N(CC(=O)NC(C)c1ccc(N2CCCC(C)C2)cc1)S(C)(=O)=O. The summed E-state index contributed by atoms with van der Waals surface area (Å²) in [4.78, 5) is 15.1. The molecule has 2 aromatic rings. The lowest BCUT2D eigenvalue weighted by molar-refractivity contribution is -0.120. The van der Waals surface area contributed by atoms with Gasteiger partial charge >= 0.3 is 0 Å². The summed E-state index contributed by atoms with van der Waals surface area (Å²) in [5.74, 6) is 0.368. The van der Waals surface area contributed by atoms with Crippen molar-refractivity contribution in [3.8, 4) is 0 Å². The Morgan fingerprint density at radius 2 is 1.87 bits per heavy atom. The highest BCUT2D eigenvalue weighted by atomic mass is 32.2. The zero-order valence-corrected chi connectivity index (χ0v) is 19.7. The number of benzene rings is 2. The fourth-order valence-corrected chi connectivity index (χ4v) is 5.04. The molecule has 2 atom stereocenters. The molecule has 2 aromatic carbocycles. The molecule has 0 spiro atoms. The van der Waals surface area contributed by atoms with Crippen LogP contribution in [0.5, 0.6) is 0 Å². The number of hydrogen-bond donors (Lipinski definition) is 1. The van der Waals surface area contributed by atoms with E-state index >= 15 is 0 Å². The molecule has 0 radical (unpaired) electrons. The summed E-state index contributed by atoms with van der Waals surface area (Å²) in [6.45, 7) is 7.93. The van der Waals surface area contributed by atoms with E-state index in [1.165, 1.54) is 18.5 Å². The Labute approximate surface area is 186 Å². The highest BCUT2D eigenvalue weighted by molar-refractivity contribution is 7.92. The molecule has 1 aliphatic rings. The molecule has 1 aliphatic heterocycles. The Morgan fingerprint density at radius 3 is 2.48 bits per heavy atom. The summed E-state index contributed by atoms with van der Waals surface area (Å²) in [6, 6.07) is 15.2. The zero-order valence-electron chi connectivity index (χ0n) is 18.8. The van der Waals surface area contributed by atoms with E-state index in [0.717, 1.165) is 34.8 Å². The van der Waals surface area contributed by atoms with Crippen molar-refractivity contribution in [1.82, 2.24) is 5.32 Å². The maximum Gasteiger partial charge on any atom is 0.241 e. The molecule has 1 saturated heterocycles. The van der Waals surface area contributed by atoms with Gasteiger partial charge in [0.2, 0.25) is 15.9 Å². The standard InChI is InChI=1S/C24H33N3O3S/c1-18-8-7-15-26(16-18)22-13-11-21(12-14-22)20(3)25-24(28)17-27(31(4,29)30)23-10-6-5-9-19(23)2/h5-6,9-14,18,20H,7-8,15-17H2,1-4H3,(H,25,28). The number of sulfonamides is 1. The normalized spacial score (nSPS) is 17.8. The Morgan fingerprint density at radius 1 is 1.19 bits per heavy atom. The summed E-state index contributed by atoms with van der Waals surface area (Å²) in [5.41, 5.74) is 3.52. The molecule has 3 rings (SSSR count). The molecule has 1 N–H and O–H groups in total. The molecule has 1 amide bonds. The third-order valence-corrected chi connectivity index (χ3v) is 6.99. The number of carbonyl (C=O) groups excluding carboxylic acids is 1. The molecule has 0 bridgehead atoms. The van der Waals surface area contributed by atoms with Gasteiger partial charge in [0.25, 0.3) is 0 Å². The number of amides is 1. The minimum Gasteiger partial charge on any atom is -0.371 e. The van der Waals surface area contributed by atoms with Gasteiger partial charge in [0, 0.05) is 18.8 Å². The molecule has 7 heteroatoms. The molecule has 168 valence electrons. The lowest BCUT2D eigenvalue weighted by Crippen LogP contribution is -2.41. The molecule has 31 heavy (non-hydrogen) atoms. The second kappa shape index (κ2) is 9.73. The van der Waals surface area contributed by atoms with Gasteiger partial charge < -0.3 is 10.2 Å². The minimum atomic E-state index is -3.59. The number of anilines is 2.